The summed E-state index contributed by atoms with van der Waals surface area (Å²) in [4.78, 5) is 12.2. The van der Waals surface area contributed by atoms with Gasteiger partial charge in [0.25, 0.3) is 0 Å². The minimum atomic E-state index is 0.133. The molecule has 0 bridgehead atoms. The fourth-order valence-corrected chi connectivity index (χ4v) is 3.45. The van der Waals surface area contributed by atoms with Crippen LogP contribution in [-0.2, 0) is 17.9 Å². The third-order valence-corrected chi connectivity index (χ3v) is 5.01. The van der Waals surface area contributed by atoms with Crippen molar-refractivity contribution in [3.63, 3.8) is 0 Å². The molecule has 5 heteroatoms. The fraction of sp³-hybridized carbons (Fsp3) is 0.500. The molecule has 3 rings (SSSR count). The highest BCUT2D eigenvalue weighted by Gasteiger charge is 2.21. The number of hydrogen-bond acceptors (Lipinski definition) is 3. The van der Waals surface area contributed by atoms with Gasteiger partial charge in [0.15, 0.2) is 0 Å². The van der Waals surface area contributed by atoms with Crippen LogP contribution in [0.3, 0.4) is 0 Å². The molecule has 1 saturated heterocycles. The predicted molar refractivity (Wildman–Crippen MR) is 99.0 cm³/mol. The highest BCUT2D eigenvalue weighted by molar-refractivity contribution is 5.76. The number of amides is 1. The van der Waals surface area contributed by atoms with Crippen LogP contribution in [0.4, 0.5) is 0 Å². The molecule has 2 heterocycles. The third-order valence-electron chi connectivity index (χ3n) is 5.01. The Morgan fingerprint density at radius 3 is 2.96 bits per heavy atom. The summed E-state index contributed by atoms with van der Waals surface area (Å²) < 4.78 is 1.91. The fourth-order valence-electron chi connectivity index (χ4n) is 3.45. The molecular weight excluding hydrogens is 312 g/mol. The zero-order valence-electron chi connectivity index (χ0n) is 14.9. The Bertz CT molecular complexity index is 661. The molecule has 2 N–H and O–H groups in total. The van der Waals surface area contributed by atoms with Gasteiger partial charge in [0, 0.05) is 24.7 Å². The molecule has 25 heavy (non-hydrogen) atoms. The highest BCUT2D eigenvalue weighted by Crippen LogP contribution is 2.22. The van der Waals surface area contributed by atoms with Crippen molar-refractivity contribution in [1.29, 1.82) is 0 Å². The molecule has 1 aliphatic heterocycles. The average Bonchev–Trinajstić information content (AvgIpc) is 3.09. The van der Waals surface area contributed by atoms with Crippen molar-refractivity contribution in [2.75, 3.05) is 13.1 Å². The van der Waals surface area contributed by atoms with Gasteiger partial charge in [-0.05, 0) is 43.3 Å². The summed E-state index contributed by atoms with van der Waals surface area (Å²) in [5.41, 5.74) is 2.26. The lowest BCUT2D eigenvalue weighted by molar-refractivity contribution is -0.122. The van der Waals surface area contributed by atoms with Crippen molar-refractivity contribution in [2.24, 2.45) is 11.8 Å². The first-order valence-electron chi connectivity index (χ1n) is 9.23. The van der Waals surface area contributed by atoms with E-state index in [0.717, 1.165) is 25.2 Å². The van der Waals surface area contributed by atoms with Crippen LogP contribution in [0.5, 0.6) is 0 Å². The van der Waals surface area contributed by atoms with Crippen molar-refractivity contribution in [2.45, 2.75) is 39.3 Å². The summed E-state index contributed by atoms with van der Waals surface area (Å²) in [6.45, 7) is 5.64. The maximum atomic E-state index is 12.2. The number of aromatic nitrogens is 2. The predicted octanol–water partition coefficient (Wildman–Crippen LogP) is 2.57. The maximum absolute atomic E-state index is 12.2. The van der Waals surface area contributed by atoms with Gasteiger partial charge in [-0.25, -0.2) is 0 Å². The van der Waals surface area contributed by atoms with E-state index in [-0.39, 0.29) is 5.91 Å². The topological polar surface area (TPSA) is 59.0 Å². The lowest BCUT2D eigenvalue weighted by atomic mass is 9.85. The summed E-state index contributed by atoms with van der Waals surface area (Å²) >= 11 is 0. The van der Waals surface area contributed by atoms with Gasteiger partial charge in [-0.1, -0.05) is 37.3 Å². The zero-order chi connectivity index (χ0) is 17.5. The van der Waals surface area contributed by atoms with Crippen LogP contribution in [0.15, 0.2) is 42.7 Å². The van der Waals surface area contributed by atoms with E-state index >= 15 is 0 Å². The Hall–Kier alpha value is -2.14. The monoisotopic (exact) mass is 340 g/mol. The molecule has 1 fully saturated rings. The number of piperidine rings is 1. The van der Waals surface area contributed by atoms with Gasteiger partial charge >= 0.3 is 0 Å². The van der Waals surface area contributed by atoms with Gasteiger partial charge < -0.3 is 10.6 Å². The van der Waals surface area contributed by atoms with Crippen LogP contribution in [0.1, 0.15) is 37.3 Å². The summed E-state index contributed by atoms with van der Waals surface area (Å²) in [5.74, 6) is 1.18. The quantitative estimate of drug-likeness (QED) is 0.814. The number of nitrogens with zero attached hydrogens (tertiary/aromatic N) is 2. The average molecular weight is 340 g/mol. The van der Waals surface area contributed by atoms with Gasteiger partial charge in [-0.3, -0.25) is 9.48 Å². The smallest absolute Gasteiger partial charge is 0.220 e. The van der Waals surface area contributed by atoms with Gasteiger partial charge in [-0.15, -0.1) is 0 Å². The Morgan fingerprint density at radius 1 is 1.36 bits per heavy atom. The van der Waals surface area contributed by atoms with E-state index in [1.54, 1.807) is 0 Å². The number of benzene rings is 1. The van der Waals surface area contributed by atoms with Crippen molar-refractivity contribution in [3.8, 4) is 0 Å². The Morgan fingerprint density at radius 2 is 2.20 bits per heavy atom. The number of carbonyl (C=O) groups is 1. The molecule has 5 nitrogen and oxygen atoms in total. The first kappa shape index (κ1) is 17.7. The zero-order valence-corrected chi connectivity index (χ0v) is 14.9. The van der Waals surface area contributed by atoms with E-state index in [4.69, 9.17) is 0 Å². The summed E-state index contributed by atoms with van der Waals surface area (Å²) in [7, 11) is 0. The standard InChI is InChI=1S/C20H28N4O/c1-16(19-8-5-9-21-13-19)10-20(25)22-11-18-12-23-24(15-18)14-17-6-3-2-4-7-17/h2-4,6-7,12,15-16,19,21H,5,8-11,13-14H2,1H3,(H,22,25). The second-order valence-electron chi connectivity index (χ2n) is 7.10. The molecule has 0 saturated carbocycles. The lowest BCUT2D eigenvalue weighted by Gasteiger charge is -2.27. The highest BCUT2D eigenvalue weighted by atomic mass is 16.1. The number of hydrogen-bond donors (Lipinski definition) is 2. The van der Waals surface area contributed by atoms with Crippen molar-refractivity contribution < 1.29 is 4.79 Å². The van der Waals surface area contributed by atoms with Crippen LogP contribution in [0, 0.1) is 11.8 Å². The maximum Gasteiger partial charge on any atom is 0.220 e. The largest absolute Gasteiger partial charge is 0.352 e. The normalized spacial score (nSPS) is 18.7. The van der Waals surface area contributed by atoms with Crippen LogP contribution < -0.4 is 10.6 Å². The summed E-state index contributed by atoms with van der Waals surface area (Å²) in [6.07, 6.45) is 6.88. The van der Waals surface area contributed by atoms with Crippen LogP contribution >= 0.6 is 0 Å². The van der Waals surface area contributed by atoms with Crippen LogP contribution in [0.25, 0.3) is 0 Å². The minimum Gasteiger partial charge on any atom is -0.352 e. The molecular formula is C20H28N4O. The van der Waals surface area contributed by atoms with Crippen LogP contribution in [-0.4, -0.2) is 28.8 Å². The third kappa shape index (κ3) is 5.43. The van der Waals surface area contributed by atoms with E-state index in [9.17, 15) is 4.79 Å². The van der Waals surface area contributed by atoms with Gasteiger partial charge in [0.1, 0.15) is 0 Å². The molecule has 2 atom stereocenters. The first-order valence-corrected chi connectivity index (χ1v) is 9.23. The number of carbonyl (C=O) groups excluding carboxylic acids is 1. The molecule has 2 unspecified atom stereocenters. The van der Waals surface area contributed by atoms with E-state index in [1.165, 1.54) is 18.4 Å². The summed E-state index contributed by atoms with van der Waals surface area (Å²) in [6, 6.07) is 10.2. The van der Waals surface area contributed by atoms with E-state index in [1.807, 2.05) is 35.3 Å². The summed E-state index contributed by atoms with van der Waals surface area (Å²) in [5, 5.41) is 10.8. The van der Waals surface area contributed by atoms with Gasteiger partial charge in [0.05, 0.1) is 12.7 Å². The second-order valence-corrected chi connectivity index (χ2v) is 7.10. The van der Waals surface area contributed by atoms with Gasteiger partial charge in [-0.2, -0.15) is 5.10 Å². The molecule has 1 aromatic heterocycles. The molecule has 0 spiro atoms. The molecule has 1 aromatic carbocycles. The van der Waals surface area contributed by atoms with E-state index in [2.05, 4.69) is 34.8 Å². The Balaban J connectivity index is 1.43. The molecule has 0 aliphatic carbocycles. The van der Waals surface area contributed by atoms with E-state index < -0.39 is 0 Å². The molecule has 0 radical (unpaired) electrons. The Labute approximate surface area is 149 Å². The van der Waals surface area contributed by atoms with Crippen molar-refractivity contribution in [3.05, 3.63) is 53.9 Å². The van der Waals surface area contributed by atoms with Crippen molar-refractivity contribution >= 4 is 5.91 Å². The van der Waals surface area contributed by atoms with Crippen molar-refractivity contribution in [1.82, 2.24) is 20.4 Å². The first-order chi connectivity index (χ1) is 12.2. The molecule has 2 aromatic rings. The second kappa shape index (κ2) is 8.81. The van der Waals surface area contributed by atoms with Gasteiger partial charge in [0.2, 0.25) is 5.91 Å². The number of rotatable bonds is 7. The van der Waals surface area contributed by atoms with E-state index in [0.29, 0.717) is 24.8 Å². The molecule has 1 aliphatic rings. The number of nitrogens with one attached hydrogen (secondary N) is 2. The molecule has 1 amide bonds. The lowest BCUT2D eigenvalue weighted by Crippen LogP contribution is -2.35. The Kier molecular flexibility index (Phi) is 6.23. The van der Waals surface area contributed by atoms with Crippen LogP contribution in [0.2, 0.25) is 0 Å². The minimum absolute atomic E-state index is 0.133. The molecule has 134 valence electrons. The SMILES string of the molecule is CC(CC(=O)NCc1cnn(Cc2ccccc2)c1)C1CCCNC1.